The van der Waals surface area contributed by atoms with Crippen molar-refractivity contribution in [2.75, 3.05) is 19.6 Å². The second-order valence-corrected chi connectivity index (χ2v) is 6.30. The fourth-order valence-electron chi connectivity index (χ4n) is 3.45. The van der Waals surface area contributed by atoms with Crippen LogP contribution in [0.25, 0.3) is 0 Å². The van der Waals surface area contributed by atoms with Crippen molar-refractivity contribution in [2.24, 2.45) is 0 Å². The van der Waals surface area contributed by atoms with Crippen molar-refractivity contribution in [3.63, 3.8) is 0 Å². The topological polar surface area (TPSA) is 28.2 Å². The van der Waals surface area contributed by atoms with E-state index in [2.05, 4.69) is 55.9 Å². The zero-order chi connectivity index (χ0) is 14.7. The highest BCUT2D eigenvalue weighted by Gasteiger charge is 2.19. The van der Waals surface area contributed by atoms with Crippen molar-refractivity contribution in [1.29, 1.82) is 0 Å². The molecule has 1 aliphatic heterocycles. The summed E-state index contributed by atoms with van der Waals surface area (Å²) < 4.78 is 0. The zero-order valence-electron chi connectivity index (χ0n) is 13.7. The third-order valence-electron chi connectivity index (χ3n) is 4.50. The first-order valence-corrected chi connectivity index (χ1v) is 7.91. The molecule has 2 atom stereocenters. The quantitative estimate of drug-likeness (QED) is 0.895. The number of rotatable bonds is 5. The standard InChI is InChI=1S/C17H29N3/c1-12-10-13(2)19-16(5)17(12)15(4)18-11-14(3)20-8-6-7-9-20/h10,14-15,18H,6-9,11H2,1-5H3. The molecule has 1 N–H and O–H groups in total. The number of likely N-dealkylation sites (tertiary alicyclic amines) is 1. The molecule has 20 heavy (non-hydrogen) atoms. The van der Waals surface area contributed by atoms with E-state index in [1.54, 1.807) is 0 Å². The molecule has 1 aliphatic rings. The average molecular weight is 275 g/mol. The zero-order valence-corrected chi connectivity index (χ0v) is 13.7. The first-order chi connectivity index (χ1) is 9.49. The number of pyridine rings is 1. The van der Waals surface area contributed by atoms with Crippen LogP contribution in [0.15, 0.2) is 6.07 Å². The molecule has 3 nitrogen and oxygen atoms in total. The second kappa shape index (κ2) is 6.68. The van der Waals surface area contributed by atoms with E-state index in [1.807, 2.05) is 0 Å². The lowest BCUT2D eigenvalue weighted by molar-refractivity contribution is 0.247. The molecule has 0 radical (unpaired) electrons. The molecule has 0 amide bonds. The highest BCUT2D eigenvalue weighted by atomic mass is 15.2. The molecule has 3 heteroatoms. The van der Waals surface area contributed by atoms with Crippen LogP contribution in [0, 0.1) is 20.8 Å². The number of aromatic nitrogens is 1. The van der Waals surface area contributed by atoms with E-state index >= 15 is 0 Å². The summed E-state index contributed by atoms with van der Waals surface area (Å²) >= 11 is 0. The van der Waals surface area contributed by atoms with Crippen LogP contribution >= 0.6 is 0 Å². The van der Waals surface area contributed by atoms with Crippen molar-refractivity contribution < 1.29 is 0 Å². The van der Waals surface area contributed by atoms with Crippen LogP contribution in [-0.2, 0) is 0 Å². The van der Waals surface area contributed by atoms with Crippen molar-refractivity contribution >= 4 is 0 Å². The van der Waals surface area contributed by atoms with Gasteiger partial charge in [-0.05, 0) is 77.7 Å². The van der Waals surface area contributed by atoms with Crippen LogP contribution in [0.1, 0.15) is 55.2 Å². The highest BCUT2D eigenvalue weighted by Crippen LogP contribution is 2.21. The lowest BCUT2D eigenvalue weighted by Gasteiger charge is -2.27. The molecule has 2 rings (SSSR count). The van der Waals surface area contributed by atoms with Gasteiger partial charge in [-0.1, -0.05) is 0 Å². The van der Waals surface area contributed by atoms with Gasteiger partial charge in [-0.2, -0.15) is 0 Å². The summed E-state index contributed by atoms with van der Waals surface area (Å²) in [5.74, 6) is 0. The summed E-state index contributed by atoms with van der Waals surface area (Å²) in [5.41, 5.74) is 4.99. The van der Waals surface area contributed by atoms with Crippen molar-refractivity contribution in [3.8, 4) is 0 Å². The smallest absolute Gasteiger partial charge is 0.0426 e. The van der Waals surface area contributed by atoms with Gasteiger partial charge in [-0.25, -0.2) is 0 Å². The van der Waals surface area contributed by atoms with Gasteiger partial charge in [0.05, 0.1) is 0 Å². The first kappa shape index (κ1) is 15.5. The number of nitrogens with zero attached hydrogens (tertiary/aromatic N) is 2. The molecule has 0 spiro atoms. The summed E-state index contributed by atoms with van der Waals surface area (Å²) in [6, 6.07) is 3.18. The minimum atomic E-state index is 0.369. The molecule has 1 saturated heterocycles. The Labute approximate surface area is 123 Å². The molecule has 112 valence electrons. The van der Waals surface area contributed by atoms with E-state index in [0.717, 1.165) is 17.9 Å². The number of aryl methyl sites for hydroxylation is 3. The molecule has 1 aromatic rings. The van der Waals surface area contributed by atoms with Crippen LogP contribution in [-0.4, -0.2) is 35.6 Å². The molecule has 1 fully saturated rings. The minimum Gasteiger partial charge on any atom is -0.309 e. The number of hydrogen-bond acceptors (Lipinski definition) is 3. The average Bonchev–Trinajstić information content (AvgIpc) is 2.88. The van der Waals surface area contributed by atoms with Crippen LogP contribution in [0.3, 0.4) is 0 Å². The van der Waals surface area contributed by atoms with Crippen molar-refractivity contribution in [1.82, 2.24) is 15.2 Å². The summed E-state index contributed by atoms with van der Waals surface area (Å²) in [7, 11) is 0. The van der Waals surface area contributed by atoms with Crippen molar-refractivity contribution in [3.05, 3.63) is 28.6 Å². The Balaban J connectivity index is 1.96. The van der Waals surface area contributed by atoms with Gasteiger partial charge in [-0.3, -0.25) is 9.88 Å². The molecule has 0 saturated carbocycles. The summed E-state index contributed by atoms with van der Waals surface area (Å²) in [6.07, 6.45) is 2.72. The van der Waals surface area contributed by atoms with E-state index < -0.39 is 0 Å². The summed E-state index contributed by atoms with van der Waals surface area (Å²) in [6.45, 7) is 14.5. The first-order valence-electron chi connectivity index (χ1n) is 7.91. The Morgan fingerprint density at radius 1 is 1.20 bits per heavy atom. The molecule has 0 aliphatic carbocycles. The lowest BCUT2D eigenvalue weighted by Crippen LogP contribution is -2.39. The molecule has 0 aromatic carbocycles. The highest BCUT2D eigenvalue weighted by molar-refractivity contribution is 5.33. The maximum absolute atomic E-state index is 4.61. The minimum absolute atomic E-state index is 0.369. The molecule has 0 bridgehead atoms. The maximum Gasteiger partial charge on any atom is 0.0426 e. The van der Waals surface area contributed by atoms with Gasteiger partial charge in [0.2, 0.25) is 0 Å². The Morgan fingerprint density at radius 3 is 2.45 bits per heavy atom. The number of hydrogen-bond donors (Lipinski definition) is 1. The molecule has 1 aromatic heterocycles. The van der Waals surface area contributed by atoms with Gasteiger partial charge < -0.3 is 5.32 Å². The Kier molecular flexibility index (Phi) is 5.17. The van der Waals surface area contributed by atoms with Gasteiger partial charge in [0.15, 0.2) is 0 Å². The van der Waals surface area contributed by atoms with Gasteiger partial charge in [-0.15, -0.1) is 0 Å². The summed E-state index contributed by atoms with van der Waals surface area (Å²) in [5, 5.41) is 3.70. The van der Waals surface area contributed by atoms with E-state index in [4.69, 9.17) is 0 Å². The maximum atomic E-state index is 4.61. The molecule has 2 unspecified atom stereocenters. The third-order valence-corrected chi connectivity index (χ3v) is 4.50. The SMILES string of the molecule is Cc1cc(C)c(C(C)NCC(C)N2CCCC2)c(C)n1. The molecular formula is C17H29N3. The lowest BCUT2D eigenvalue weighted by atomic mass is 10.00. The van der Waals surface area contributed by atoms with Crippen molar-refractivity contribution in [2.45, 2.75) is 59.5 Å². The monoisotopic (exact) mass is 275 g/mol. The van der Waals surface area contributed by atoms with E-state index in [-0.39, 0.29) is 0 Å². The fourth-order valence-corrected chi connectivity index (χ4v) is 3.45. The van der Waals surface area contributed by atoms with Gasteiger partial charge >= 0.3 is 0 Å². The normalized spacial score (nSPS) is 19.2. The van der Waals surface area contributed by atoms with Crippen LogP contribution in [0.5, 0.6) is 0 Å². The van der Waals surface area contributed by atoms with Crippen LogP contribution in [0.2, 0.25) is 0 Å². The largest absolute Gasteiger partial charge is 0.309 e. The van der Waals surface area contributed by atoms with Crippen LogP contribution < -0.4 is 5.32 Å². The second-order valence-electron chi connectivity index (χ2n) is 6.30. The van der Waals surface area contributed by atoms with E-state index in [1.165, 1.54) is 37.1 Å². The summed E-state index contributed by atoms with van der Waals surface area (Å²) in [4.78, 5) is 7.20. The Bertz CT molecular complexity index is 427. The van der Waals surface area contributed by atoms with Gasteiger partial charge in [0.1, 0.15) is 0 Å². The predicted molar refractivity (Wildman–Crippen MR) is 85.1 cm³/mol. The Hall–Kier alpha value is -0.930. The number of nitrogens with one attached hydrogen (secondary N) is 1. The Morgan fingerprint density at radius 2 is 1.85 bits per heavy atom. The van der Waals surface area contributed by atoms with E-state index in [0.29, 0.717) is 12.1 Å². The van der Waals surface area contributed by atoms with Gasteiger partial charge in [0.25, 0.3) is 0 Å². The third kappa shape index (κ3) is 3.58. The van der Waals surface area contributed by atoms with Crippen LogP contribution in [0.4, 0.5) is 0 Å². The van der Waals surface area contributed by atoms with E-state index in [9.17, 15) is 0 Å². The molecular weight excluding hydrogens is 246 g/mol. The predicted octanol–water partition coefficient (Wildman–Crippen LogP) is 3.14. The van der Waals surface area contributed by atoms with Gasteiger partial charge in [0, 0.05) is 30.0 Å². The molecule has 2 heterocycles. The fraction of sp³-hybridized carbons (Fsp3) is 0.706.